The highest BCUT2D eigenvalue weighted by Gasteiger charge is 2.24. The lowest BCUT2D eigenvalue weighted by atomic mass is 10.1. The standard InChI is InChI=1S/C23H25N3O4/c27-20(17-30-21-10-9-18-5-1-2-6-19(18)15-21)16-24-11-13-25(14-12-24)22-7-3-4-8-23(22)26(28)29/h1-10,15,20,27H,11-14,16-17H2. The van der Waals surface area contributed by atoms with E-state index < -0.39 is 6.10 Å². The molecule has 156 valence electrons. The molecule has 0 radical (unpaired) electrons. The molecule has 0 amide bonds. The van der Waals surface area contributed by atoms with Crippen molar-refractivity contribution in [2.75, 3.05) is 44.2 Å². The van der Waals surface area contributed by atoms with E-state index in [0.29, 0.717) is 25.3 Å². The zero-order chi connectivity index (χ0) is 20.9. The second-order valence-corrected chi connectivity index (χ2v) is 7.51. The Labute approximate surface area is 175 Å². The molecule has 30 heavy (non-hydrogen) atoms. The summed E-state index contributed by atoms with van der Waals surface area (Å²) in [5.74, 6) is 0.744. The molecule has 0 bridgehead atoms. The molecule has 0 aromatic heterocycles. The number of aliphatic hydroxyl groups is 1. The van der Waals surface area contributed by atoms with E-state index >= 15 is 0 Å². The smallest absolute Gasteiger partial charge is 0.292 e. The summed E-state index contributed by atoms with van der Waals surface area (Å²) < 4.78 is 5.79. The van der Waals surface area contributed by atoms with E-state index in [1.54, 1.807) is 12.1 Å². The molecule has 1 heterocycles. The number of nitro groups is 1. The van der Waals surface area contributed by atoms with Crippen molar-refractivity contribution < 1.29 is 14.8 Å². The van der Waals surface area contributed by atoms with Gasteiger partial charge in [-0.15, -0.1) is 0 Å². The topological polar surface area (TPSA) is 79.1 Å². The minimum atomic E-state index is -0.603. The van der Waals surface area contributed by atoms with Gasteiger partial charge in [-0.1, -0.05) is 42.5 Å². The van der Waals surface area contributed by atoms with Crippen molar-refractivity contribution in [1.29, 1.82) is 0 Å². The quantitative estimate of drug-likeness (QED) is 0.478. The van der Waals surface area contributed by atoms with Gasteiger partial charge in [-0.3, -0.25) is 15.0 Å². The molecule has 4 rings (SSSR count). The van der Waals surface area contributed by atoms with Gasteiger partial charge in [-0.05, 0) is 29.0 Å². The van der Waals surface area contributed by atoms with Crippen molar-refractivity contribution in [3.05, 3.63) is 76.8 Å². The van der Waals surface area contributed by atoms with Crippen LogP contribution in [0.15, 0.2) is 66.7 Å². The van der Waals surface area contributed by atoms with Gasteiger partial charge >= 0.3 is 0 Å². The highest BCUT2D eigenvalue weighted by molar-refractivity contribution is 5.83. The van der Waals surface area contributed by atoms with Crippen molar-refractivity contribution in [3.8, 4) is 5.75 Å². The lowest BCUT2D eigenvalue weighted by Gasteiger charge is -2.36. The summed E-state index contributed by atoms with van der Waals surface area (Å²) in [7, 11) is 0. The monoisotopic (exact) mass is 407 g/mol. The minimum absolute atomic E-state index is 0.134. The first-order valence-corrected chi connectivity index (χ1v) is 10.1. The van der Waals surface area contributed by atoms with Crippen LogP contribution in [0, 0.1) is 10.1 Å². The molecule has 3 aromatic carbocycles. The Morgan fingerprint density at radius 1 is 0.967 bits per heavy atom. The lowest BCUT2D eigenvalue weighted by molar-refractivity contribution is -0.384. The van der Waals surface area contributed by atoms with E-state index in [9.17, 15) is 15.2 Å². The first kappa shape index (κ1) is 20.1. The molecule has 3 aromatic rings. The number of hydrogen-bond acceptors (Lipinski definition) is 6. The van der Waals surface area contributed by atoms with E-state index in [1.165, 1.54) is 6.07 Å². The number of anilines is 1. The van der Waals surface area contributed by atoms with E-state index in [1.807, 2.05) is 47.4 Å². The zero-order valence-electron chi connectivity index (χ0n) is 16.7. The lowest BCUT2D eigenvalue weighted by Crippen LogP contribution is -2.49. The molecule has 7 heteroatoms. The van der Waals surface area contributed by atoms with Crippen LogP contribution in [0.2, 0.25) is 0 Å². The fourth-order valence-corrected chi connectivity index (χ4v) is 3.86. The Kier molecular flexibility index (Phi) is 6.11. The molecule has 1 aliphatic heterocycles. The molecule has 1 fully saturated rings. The first-order chi connectivity index (χ1) is 14.6. The Hall–Kier alpha value is -3.16. The second kappa shape index (κ2) is 9.11. The Bertz CT molecular complexity index is 1020. The summed E-state index contributed by atoms with van der Waals surface area (Å²) in [5, 5.41) is 23.9. The fraction of sp³-hybridized carbons (Fsp3) is 0.304. The fourth-order valence-electron chi connectivity index (χ4n) is 3.86. The number of β-amino-alcohol motifs (C(OH)–C–C–N with tert-alkyl or cyclic N) is 1. The van der Waals surface area contributed by atoms with Crippen LogP contribution in [0.4, 0.5) is 11.4 Å². The van der Waals surface area contributed by atoms with Crippen molar-refractivity contribution in [3.63, 3.8) is 0 Å². The summed E-state index contributed by atoms with van der Waals surface area (Å²) in [5.41, 5.74) is 0.789. The van der Waals surface area contributed by atoms with Crippen molar-refractivity contribution in [2.45, 2.75) is 6.10 Å². The molecule has 0 aliphatic carbocycles. The number of aliphatic hydroxyl groups excluding tert-OH is 1. The van der Waals surface area contributed by atoms with Gasteiger partial charge in [0, 0.05) is 38.8 Å². The number of ether oxygens (including phenoxy) is 1. The third-order valence-corrected chi connectivity index (χ3v) is 5.42. The number of piperazine rings is 1. The normalized spacial score (nSPS) is 15.8. The predicted molar refractivity (Wildman–Crippen MR) is 117 cm³/mol. The molecule has 1 atom stereocenters. The molecule has 1 N–H and O–H groups in total. The van der Waals surface area contributed by atoms with E-state index in [0.717, 1.165) is 29.6 Å². The average Bonchev–Trinajstić information content (AvgIpc) is 2.78. The van der Waals surface area contributed by atoms with Crippen LogP contribution in [0.25, 0.3) is 10.8 Å². The van der Waals surface area contributed by atoms with Gasteiger partial charge in [0.2, 0.25) is 0 Å². The highest BCUT2D eigenvalue weighted by Crippen LogP contribution is 2.28. The Balaban J connectivity index is 1.27. The maximum atomic E-state index is 11.3. The number of rotatable bonds is 7. The SMILES string of the molecule is O=[N+]([O-])c1ccccc1N1CCN(CC(O)COc2ccc3ccccc3c2)CC1. The summed E-state index contributed by atoms with van der Waals surface area (Å²) in [6, 6.07) is 20.8. The van der Waals surface area contributed by atoms with Gasteiger partial charge in [-0.25, -0.2) is 0 Å². The highest BCUT2D eigenvalue weighted by atomic mass is 16.6. The minimum Gasteiger partial charge on any atom is -0.491 e. The molecule has 1 saturated heterocycles. The second-order valence-electron chi connectivity index (χ2n) is 7.51. The molecule has 1 aliphatic rings. The predicted octanol–water partition coefficient (Wildman–Crippen LogP) is 3.31. The average molecular weight is 407 g/mol. The maximum Gasteiger partial charge on any atom is 0.292 e. The van der Waals surface area contributed by atoms with Gasteiger partial charge < -0.3 is 14.7 Å². The van der Waals surface area contributed by atoms with Crippen LogP contribution in [0.3, 0.4) is 0 Å². The Morgan fingerprint density at radius 2 is 1.67 bits per heavy atom. The van der Waals surface area contributed by atoms with Gasteiger partial charge in [0.1, 0.15) is 24.1 Å². The van der Waals surface area contributed by atoms with Gasteiger partial charge in [0.15, 0.2) is 0 Å². The van der Waals surface area contributed by atoms with Crippen molar-refractivity contribution in [2.24, 2.45) is 0 Å². The molecule has 7 nitrogen and oxygen atoms in total. The molecule has 1 unspecified atom stereocenters. The summed E-state index contributed by atoms with van der Waals surface area (Å²) >= 11 is 0. The number of benzene rings is 3. The van der Waals surface area contributed by atoms with Crippen LogP contribution in [0.1, 0.15) is 0 Å². The van der Waals surface area contributed by atoms with E-state index in [2.05, 4.69) is 11.0 Å². The molecule has 0 saturated carbocycles. The zero-order valence-corrected chi connectivity index (χ0v) is 16.7. The molecule has 0 spiro atoms. The van der Waals surface area contributed by atoms with Crippen LogP contribution in [-0.2, 0) is 0 Å². The van der Waals surface area contributed by atoms with Crippen LogP contribution < -0.4 is 9.64 Å². The van der Waals surface area contributed by atoms with E-state index in [-0.39, 0.29) is 17.2 Å². The Morgan fingerprint density at radius 3 is 2.43 bits per heavy atom. The number of hydrogen-bond donors (Lipinski definition) is 1. The van der Waals surface area contributed by atoms with E-state index in [4.69, 9.17) is 4.74 Å². The summed E-state index contributed by atoms with van der Waals surface area (Å²) in [6.45, 7) is 3.57. The maximum absolute atomic E-state index is 11.3. The number of para-hydroxylation sites is 2. The van der Waals surface area contributed by atoms with Gasteiger partial charge in [-0.2, -0.15) is 0 Å². The van der Waals surface area contributed by atoms with Crippen LogP contribution in [-0.4, -0.2) is 60.4 Å². The first-order valence-electron chi connectivity index (χ1n) is 10.1. The molecular formula is C23H25N3O4. The third-order valence-electron chi connectivity index (χ3n) is 5.42. The number of fused-ring (bicyclic) bond motifs is 1. The summed E-state index contributed by atoms with van der Waals surface area (Å²) in [6.07, 6.45) is -0.603. The number of nitro benzene ring substituents is 1. The van der Waals surface area contributed by atoms with Gasteiger partial charge in [0.25, 0.3) is 5.69 Å². The van der Waals surface area contributed by atoms with Crippen molar-refractivity contribution in [1.82, 2.24) is 4.90 Å². The van der Waals surface area contributed by atoms with Gasteiger partial charge in [0.05, 0.1) is 4.92 Å². The third kappa shape index (κ3) is 4.69. The van der Waals surface area contributed by atoms with Crippen molar-refractivity contribution >= 4 is 22.1 Å². The van der Waals surface area contributed by atoms with Crippen LogP contribution in [0.5, 0.6) is 5.75 Å². The largest absolute Gasteiger partial charge is 0.491 e. The summed E-state index contributed by atoms with van der Waals surface area (Å²) in [4.78, 5) is 15.1. The number of nitrogens with zero attached hydrogens (tertiary/aromatic N) is 3. The molecular weight excluding hydrogens is 382 g/mol. The van der Waals surface area contributed by atoms with Crippen LogP contribution >= 0.6 is 0 Å².